The van der Waals surface area contributed by atoms with Crippen molar-refractivity contribution in [2.75, 3.05) is 48.3 Å². The normalized spacial score (nSPS) is 39.1. The number of ether oxygens (including phenoxy) is 7. The molecular weight excluding hydrogens is 592 g/mol. The zero-order valence-electron chi connectivity index (χ0n) is 29.6. The van der Waals surface area contributed by atoms with Gasteiger partial charge in [-0.05, 0) is 104 Å². The highest BCUT2D eigenvalue weighted by Crippen LogP contribution is 2.70. The van der Waals surface area contributed by atoms with Gasteiger partial charge in [-0.1, -0.05) is 34.1 Å². The molecule has 0 aliphatic heterocycles. The van der Waals surface area contributed by atoms with Crippen molar-refractivity contribution in [3.05, 3.63) is 0 Å². The molecule has 0 amide bonds. The molecule has 4 rings (SSSR count). The fourth-order valence-corrected chi connectivity index (χ4v) is 10.8. The number of carbonyl (C=O) groups excluding carboxylic acids is 1. The molecule has 0 radical (unpaired) electrons. The maximum Gasteiger partial charge on any atom is 0.533 e. The summed E-state index contributed by atoms with van der Waals surface area (Å²) in [7, 11) is 5.10. The second kappa shape index (κ2) is 16.7. The van der Waals surface area contributed by atoms with Crippen molar-refractivity contribution in [2.24, 2.45) is 52.3 Å². The van der Waals surface area contributed by atoms with Crippen LogP contribution in [0.25, 0.3) is 0 Å². The predicted octanol–water partition coefficient (Wildman–Crippen LogP) is 6.54. The number of nitrogens with one attached hydrogen (secondary N) is 2. The van der Waals surface area contributed by atoms with E-state index in [1.54, 1.807) is 28.3 Å². The summed E-state index contributed by atoms with van der Waals surface area (Å²) in [6.45, 7) is 12.5. The van der Waals surface area contributed by atoms with Gasteiger partial charge in [-0.2, -0.15) is 0 Å². The van der Waals surface area contributed by atoms with Crippen molar-refractivity contribution >= 4 is 12.0 Å². The fourth-order valence-electron chi connectivity index (χ4n) is 10.8. The zero-order valence-corrected chi connectivity index (χ0v) is 29.6. The third-order valence-corrected chi connectivity index (χ3v) is 12.6. The summed E-state index contributed by atoms with van der Waals surface area (Å²) in [5.74, 6) is 3.05. The number of amidine groups is 1. The summed E-state index contributed by atoms with van der Waals surface area (Å²) in [6.07, 6.45) is 8.41. The lowest BCUT2D eigenvalue weighted by Crippen LogP contribution is -2.63. The molecular formula is C35H62N2O9. The number of hydrogen-bond donors (Lipinski definition) is 2. The average molecular weight is 655 g/mol. The molecule has 0 aromatic rings. The van der Waals surface area contributed by atoms with Crippen LogP contribution >= 0.6 is 0 Å². The first-order valence-electron chi connectivity index (χ1n) is 17.6. The second-order valence-corrected chi connectivity index (χ2v) is 14.8. The van der Waals surface area contributed by atoms with E-state index in [9.17, 15) is 4.79 Å². The van der Waals surface area contributed by atoms with Crippen molar-refractivity contribution in [3.8, 4) is 0 Å². The standard InChI is InChI=1S/C35H62N2O9/c1-9-24-26-17-23(43-19-39-6)13-15-34(26,4)25-14-16-35(5)27(30(25)32(24)45-21-41-8)18-28(44-20-40-7)31(35)22(3)11-12-29(36)37-46-33(38)42-10-2/h22-28,30-32H,9-21H2,1-8H3,(H2,36,37)/t22-,23-,24-,25?,26+,27?,28+,30?,31+,32-,34-,35+/m1/s1. The minimum Gasteiger partial charge on any atom is -0.433 e. The smallest absolute Gasteiger partial charge is 0.433 e. The van der Waals surface area contributed by atoms with E-state index < -0.39 is 6.16 Å². The van der Waals surface area contributed by atoms with E-state index >= 15 is 0 Å². The van der Waals surface area contributed by atoms with Gasteiger partial charge in [0.1, 0.15) is 26.2 Å². The average Bonchev–Trinajstić information content (AvgIpc) is 3.35. The van der Waals surface area contributed by atoms with Crippen LogP contribution in [0.5, 0.6) is 0 Å². The Bertz CT molecular complexity index is 986. The van der Waals surface area contributed by atoms with Crippen LogP contribution in [-0.2, 0) is 38.0 Å². The second-order valence-electron chi connectivity index (χ2n) is 14.8. The van der Waals surface area contributed by atoms with E-state index in [0.717, 1.165) is 44.9 Å². The SMILES string of the molecule is CCOC(=O)ONC(=N)CC[C@@H](C)[C@H]1[C@@H](OCOC)CC2C3C(CC[C@@]21C)[C@@]1(C)CC[C@@H](OCOC)C[C@H]1[C@@H](CC)[C@H]3OCOC. The minimum atomic E-state index is -0.828. The third kappa shape index (κ3) is 7.70. The van der Waals surface area contributed by atoms with Gasteiger partial charge in [-0.15, -0.1) is 0 Å². The molecule has 12 atom stereocenters. The van der Waals surface area contributed by atoms with Gasteiger partial charge in [0.05, 0.1) is 24.9 Å². The topological polar surface area (TPSA) is 127 Å². The van der Waals surface area contributed by atoms with Gasteiger partial charge in [0.2, 0.25) is 0 Å². The Labute approximate surface area is 276 Å². The molecule has 4 fully saturated rings. The van der Waals surface area contributed by atoms with Crippen LogP contribution in [0.15, 0.2) is 0 Å². The Morgan fingerprint density at radius 2 is 1.57 bits per heavy atom. The monoisotopic (exact) mass is 654 g/mol. The molecule has 46 heavy (non-hydrogen) atoms. The Morgan fingerprint density at radius 1 is 0.891 bits per heavy atom. The molecule has 2 N–H and O–H groups in total. The molecule has 11 heteroatoms. The maximum atomic E-state index is 11.6. The highest BCUT2D eigenvalue weighted by Gasteiger charge is 2.67. The lowest BCUT2D eigenvalue weighted by molar-refractivity contribution is -0.239. The fraction of sp³-hybridized carbons (Fsp3) is 0.943. The number of hydrogen-bond acceptors (Lipinski definition) is 10. The van der Waals surface area contributed by atoms with Crippen LogP contribution in [0.2, 0.25) is 0 Å². The highest BCUT2D eigenvalue weighted by atomic mass is 16.8. The number of rotatable bonds is 15. The van der Waals surface area contributed by atoms with Gasteiger partial charge in [-0.25, -0.2) is 10.3 Å². The first kappa shape index (κ1) is 37.3. The number of carbonyl (C=O) groups is 1. The zero-order chi connectivity index (χ0) is 33.5. The van der Waals surface area contributed by atoms with Crippen LogP contribution in [0.1, 0.15) is 92.4 Å². The quantitative estimate of drug-likeness (QED) is 0.0661. The number of methoxy groups -OCH3 is 3. The summed E-state index contributed by atoms with van der Waals surface area (Å²) < 4.78 is 40.5. The Morgan fingerprint density at radius 3 is 2.24 bits per heavy atom. The van der Waals surface area contributed by atoms with Crippen molar-refractivity contribution < 1.29 is 42.8 Å². The van der Waals surface area contributed by atoms with E-state index in [1.165, 1.54) is 6.42 Å². The van der Waals surface area contributed by atoms with Gasteiger partial charge in [0, 0.05) is 27.8 Å². The Balaban J connectivity index is 1.60. The largest absolute Gasteiger partial charge is 0.533 e. The molecule has 0 bridgehead atoms. The summed E-state index contributed by atoms with van der Waals surface area (Å²) in [5.41, 5.74) is 2.72. The van der Waals surface area contributed by atoms with Crippen LogP contribution in [0.3, 0.4) is 0 Å². The van der Waals surface area contributed by atoms with Gasteiger partial charge < -0.3 is 38.0 Å². The maximum absolute atomic E-state index is 11.6. The molecule has 4 aliphatic carbocycles. The van der Waals surface area contributed by atoms with Crippen molar-refractivity contribution in [1.82, 2.24) is 5.48 Å². The highest BCUT2D eigenvalue weighted by molar-refractivity contribution is 5.79. The van der Waals surface area contributed by atoms with Crippen molar-refractivity contribution in [2.45, 2.75) is 111 Å². The molecule has 4 saturated carbocycles. The number of hydroxylamine groups is 1. The number of fused-ring (bicyclic) bond motifs is 5. The Hall–Kier alpha value is -1.50. The summed E-state index contributed by atoms with van der Waals surface area (Å²) in [4.78, 5) is 16.5. The van der Waals surface area contributed by atoms with Crippen molar-refractivity contribution in [3.63, 3.8) is 0 Å². The van der Waals surface area contributed by atoms with E-state index in [2.05, 4.69) is 33.2 Å². The Kier molecular flexibility index (Phi) is 13.6. The van der Waals surface area contributed by atoms with Crippen LogP contribution in [0, 0.1) is 57.7 Å². The summed E-state index contributed by atoms with van der Waals surface area (Å²) in [6, 6.07) is 0. The lowest BCUT2D eigenvalue weighted by Gasteiger charge is -2.65. The molecule has 0 saturated heterocycles. The minimum absolute atomic E-state index is 0.0466. The van der Waals surface area contributed by atoms with E-state index in [1.807, 2.05) is 0 Å². The first-order chi connectivity index (χ1) is 22.1. The predicted molar refractivity (Wildman–Crippen MR) is 173 cm³/mol. The molecule has 4 aliphatic rings. The van der Waals surface area contributed by atoms with E-state index in [-0.39, 0.29) is 54.3 Å². The van der Waals surface area contributed by atoms with Crippen LogP contribution in [-0.4, -0.2) is 78.6 Å². The molecule has 0 aromatic heterocycles. The lowest BCUT2D eigenvalue weighted by atomic mass is 9.41. The van der Waals surface area contributed by atoms with Gasteiger partial charge in [-0.3, -0.25) is 5.41 Å². The van der Waals surface area contributed by atoms with Crippen molar-refractivity contribution in [1.29, 1.82) is 5.41 Å². The summed E-state index contributed by atoms with van der Waals surface area (Å²) in [5, 5.41) is 8.35. The van der Waals surface area contributed by atoms with Crippen LogP contribution < -0.4 is 5.48 Å². The van der Waals surface area contributed by atoms with Gasteiger partial charge in [0.15, 0.2) is 0 Å². The summed E-state index contributed by atoms with van der Waals surface area (Å²) >= 11 is 0. The van der Waals surface area contributed by atoms with Gasteiger partial charge >= 0.3 is 6.16 Å². The molecule has 0 aromatic carbocycles. The molecule has 3 unspecified atom stereocenters. The molecule has 266 valence electrons. The van der Waals surface area contributed by atoms with Gasteiger partial charge in [0.25, 0.3) is 0 Å². The molecule has 0 heterocycles. The van der Waals surface area contributed by atoms with E-state index in [4.69, 9.17) is 43.4 Å². The van der Waals surface area contributed by atoms with E-state index in [0.29, 0.717) is 55.5 Å². The third-order valence-electron chi connectivity index (χ3n) is 12.6. The molecule has 0 spiro atoms. The molecule has 11 nitrogen and oxygen atoms in total. The van der Waals surface area contributed by atoms with Crippen LogP contribution in [0.4, 0.5) is 4.79 Å². The first-order valence-corrected chi connectivity index (χ1v) is 17.6.